The maximum atomic E-state index is 12.7. The fraction of sp³-hybridized carbons (Fsp3) is 0.400. The third kappa shape index (κ3) is 3.82. The van der Waals surface area contributed by atoms with Gasteiger partial charge in [-0.3, -0.25) is 0 Å². The van der Waals surface area contributed by atoms with E-state index in [0.29, 0.717) is 5.56 Å². The minimum atomic E-state index is -1.32. The first kappa shape index (κ1) is 25.6. The standard InChI is InChI=1S/C35H34N2O5/c38-34(39)22-11-12-23(35(40)41)26(19-22)29-27-17-20-7-1-3-13-36-15-5-9-24(30(20)36)32(27)42-33-25-10-6-16-37-14-4-2-8-21(31(25)37)18-28(29)33/h11-12,17-19H,1-10,13-16H2,(H-,38,39,40,41). The van der Waals surface area contributed by atoms with Crippen LogP contribution in [0.25, 0.3) is 5.57 Å². The van der Waals surface area contributed by atoms with Crippen LogP contribution in [0.1, 0.15) is 92.6 Å². The molecular weight excluding hydrogens is 528 g/mol. The summed E-state index contributed by atoms with van der Waals surface area (Å²) in [4.78, 5) is 27.2. The lowest BCUT2D eigenvalue weighted by molar-refractivity contribution is -0.255. The van der Waals surface area contributed by atoms with Gasteiger partial charge in [0.1, 0.15) is 24.6 Å². The Morgan fingerprint density at radius 2 is 1.60 bits per heavy atom. The second kappa shape index (κ2) is 9.72. The lowest BCUT2D eigenvalue weighted by Gasteiger charge is -2.35. The van der Waals surface area contributed by atoms with Crippen LogP contribution < -0.4 is 29.9 Å². The molecular formula is C35H34N2O5. The average molecular weight is 563 g/mol. The molecule has 5 aliphatic heterocycles. The van der Waals surface area contributed by atoms with Crippen LogP contribution in [-0.2, 0) is 25.7 Å². The van der Waals surface area contributed by atoms with Crippen LogP contribution >= 0.6 is 0 Å². The number of ether oxygens (including phenoxy) is 1. The Morgan fingerprint density at radius 1 is 0.810 bits per heavy atom. The van der Waals surface area contributed by atoms with Crippen molar-refractivity contribution in [2.75, 3.05) is 31.1 Å². The van der Waals surface area contributed by atoms with Crippen LogP contribution in [0.15, 0.2) is 30.3 Å². The number of hydrogen-bond donors (Lipinski definition) is 1. The molecule has 0 fully saturated rings. The van der Waals surface area contributed by atoms with E-state index in [1.807, 2.05) is 0 Å². The molecule has 214 valence electrons. The molecule has 0 saturated carbocycles. The summed E-state index contributed by atoms with van der Waals surface area (Å²) in [5, 5.41) is 24.6. The molecule has 0 aliphatic carbocycles. The van der Waals surface area contributed by atoms with E-state index < -0.39 is 11.9 Å². The highest BCUT2D eigenvalue weighted by molar-refractivity contribution is 6.01. The van der Waals surface area contributed by atoms with Crippen molar-refractivity contribution in [1.29, 1.82) is 0 Å². The summed E-state index contributed by atoms with van der Waals surface area (Å²) in [6.45, 7) is 4.15. The zero-order chi connectivity index (χ0) is 28.5. The molecule has 3 aromatic rings. The molecule has 5 heterocycles. The van der Waals surface area contributed by atoms with Crippen molar-refractivity contribution in [3.05, 3.63) is 85.4 Å². The van der Waals surface area contributed by atoms with Gasteiger partial charge in [0.25, 0.3) is 0 Å². The van der Waals surface area contributed by atoms with Crippen molar-refractivity contribution in [3.8, 4) is 11.5 Å². The Bertz CT molecular complexity index is 1840. The van der Waals surface area contributed by atoms with Gasteiger partial charge in [0, 0.05) is 59.1 Å². The molecule has 0 amide bonds. The molecule has 0 saturated heterocycles. The summed E-state index contributed by atoms with van der Waals surface area (Å²) >= 11 is 0. The number of hydrogen-bond acceptors (Lipinski definition) is 5. The zero-order valence-corrected chi connectivity index (χ0v) is 23.8. The highest BCUT2D eigenvalue weighted by Crippen LogP contribution is 2.48. The third-order valence-electron chi connectivity index (χ3n) is 9.94. The van der Waals surface area contributed by atoms with Crippen LogP contribution in [0.4, 0.5) is 5.69 Å². The maximum absolute atomic E-state index is 12.7. The first-order valence-electron chi connectivity index (χ1n) is 15.5. The van der Waals surface area contributed by atoms with Gasteiger partial charge in [-0.15, -0.1) is 0 Å². The molecule has 0 unspecified atom stereocenters. The highest BCUT2D eigenvalue weighted by atomic mass is 16.5. The highest BCUT2D eigenvalue weighted by Gasteiger charge is 2.35. The Labute approximate surface area is 244 Å². The van der Waals surface area contributed by atoms with Gasteiger partial charge in [-0.05, 0) is 92.3 Å². The van der Waals surface area contributed by atoms with Crippen LogP contribution in [0.5, 0.6) is 11.5 Å². The van der Waals surface area contributed by atoms with Crippen molar-refractivity contribution in [2.24, 2.45) is 0 Å². The lowest BCUT2D eigenvalue weighted by Crippen LogP contribution is -2.41. The second-order valence-electron chi connectivity index (χ2n) is 12.4. The number of nitrogens with zero attached hydrogens (tertiary/aromatic N) is 2. The summed E-state index contributed by atoms with van der Waals surface area (Å²) in [6, 6.07) is 8.68. The van der Waals surface area contributed by atoms with E-state index in [0.717, 1.165) is 118 Å². The number of anilines is 1. The number of carboxylic acid groups (broad SMARTS) is 2. The second-order valence-corrected chi connectivity index (χ2v) is 12.4. The van der Waals surface area contributed by atoms with Gasteiger partial charge in [-0.1, -0.05) is 6.07 Å². The van der Waals surface area contributed by atoms with Crippen LogP contribution in [0.2, 0.25) is 0 Å². The summed E-state index contributed by atoms with van der Waals surface area (Å²) < 4.78 is 9.60. The maximum Gasteiger partial charge on any atom is 0.336 e. The number of benzene rings is 3. The molecule has 1 N–H and O–H groups in total. The summed E-state index contributed by atoms with van der Waals surface area (Å²) in [6.07, 6.45) is 10.3. The molecule has 3 aromatic carbocycles. The van der Waals surface area contributed by atoms with Gasteiger partial charge in [0.2, 0.25) is 5.36 Å². The third-order valence-corrected chi connectivity index (χ3v) is 9.94. The molecule has 0 aromatic heterocycles. The molecule has 0 spiro atoms. The summed E-state index contributed by atoms with van der Waals surface area (Å²) in [5.74, 6) is -0.761. The summed E-state index contributed by atoms with van der Waals surface area (Å²) in [7, 11) is 0. The zero-order valence-electron chi connectivity index (χ0n) is 23.8. The van der Waals surface area contributed by atoms with Gasteiger partial charge in [0.05, 0.1) is 17.1 Å². The summed E-state index contributed by atoms with van der Waals surface area (Å²) in [5.41, 5.74) is 8.40. The largest absolute Gasteiger partial charge is 0.545 e. The van der Waals surface area contributed by atoms with E-state index in [4.69, 9.17) is 4.74 Å². The normalized spacial score (nSPS) is 18.5. The topological polar surface area (TPSA) is 92.9 Å². The molecule has 0 atom stereocenters. The van der Waals surface area contributed by atoms with Gasteiger partial charge in [0.15, 0.2) is 0 Å². The Kier molecular flexibility index (Phi) is 5.92. The number of rotatable bonds is 3. The van der Waals surface area contributed by atoms with Crippen molar-refractivity contribution in [2.45, 2.75) is 64.2 Å². The first-order chi connectivity index (χ1) is 20.5. The monoisotopic (exact) mass is 562 g/mol. The van der Waals surface area contributed by atoms with E-state index >= 15 is 0 Å². The smallest absolute Gasteiger partial charge is 0.336 e. The number of carboxylic acids is 2. The minimum Gasteiger partial charge on any atom is -0.545 e. The number of carbonyl (C=O) groups is 2. The molecule has 42 heavy (non-hydrogen) atoms. The molecule has 7 heteroatoms. The van der Waals surface area contributed by atoms with Gasteiger partial charge in [-0.25, -0.2) is 9.37 Å². The van der Waals surface area contributed by atoms with Crippen molar-refractivity contribution < 1.29 is 24.5 Å². The van der Waals surface area contributed by atoms with Crippen molar-refractivity contribution >= 4 is 23.2 Å². The molecule has 0 bridgehead atoms. The average Bonchev–Trinajstić information content (AvgIpc) is 3.34. The number of aryl methyl sites for hydroxylation is 2. The fourth-order valence-electron chi connectivity index (χ4n) is 8.18. The SMILES string of the molecule is O=C([O-])c1ccc(C(=O)O)c(C2=c3cc4c5c(c3Oc3c2cc2c6c3CCCN6CCCC2)CCC[N+]=5CCCC4)c1. The van der Waals surface area contributed by atoms with Gasteiger partial charge in [-0.2, -0.15) is 0 Å². The Morgan fingerprint density at radius 3 is 2.45 bits per heavy atom. The number of carbonyl (C=O) groups excluding carboxylic acids is 1. The van der Waals surface area contributed by atoms with E-state index in [1.165, 1.54) is 51.5 Å². The molecule has 0 radical (unpaired) electrons. The quantitative estimate of drug-likeness (QED) is 0.386. The fourth-order valence-corrected chi connectivity index (χ4v) is 8.18. The Balaban J connectivity index is 1.54. The van der Waals surface area contributed by atoms with E-state index in [1.54, 1.807) is 0 Å². The van der Waals surface area contributed by atoms with Crippen LogP contribution in [-0.4, -0.2) is 43.2 Å². The van der Waals surface area contributed by atoms with Crippen LogP contribution in [0.3, 0.4) is 0 Å². The first-order valence-corrected chi connectivity index (χ1v) is 15.5. The molecule has 8 rings (SSSR count). The van der Waals surface area contributed by atoms with E-state index in [2.05, 4.69) is 21.6 Å². The number of fused-ring (bicyclic) bond motifs is 4. The van der Waals surface area contributed by atoms with Crippen LogP contribution in [0, 0.1) is 0 Å². The van der Waals surface area contributed by atoms with Crippen molar-refractivity contribution in [1.82, 2.24) is 4.58 Å². The van der Waals surface area contributed by atoms with E-state index in [-0.39, 0.29) is 11.1 Å². The Hall–Kier alpha value is -4.13. The van der Waals surface area contributed by atoms with Gasteiger partial charge < -0.3 is 24.6 Å². The van der Waals surface area contributed by atoms with Gasteiger partial charge >= 0.3 is 5.97 Å². The lowest BCUT2D eigenvalue weighted by atomic mass is 9.82. The molecule has 5 aliphatic rings. The number of aromatic carboxylic acids is 2. The van der Waals surface area contributed by atoms with E-state index in [9.17, 15) is 19.8 Å². The minimum absolute atomic E-state index is 0.0263. The predicted octanol–water partition coefficient (Wildman–Crippen LogP) is 2.96. The predicted molar refractivity (Wildman–Crippen MR) is 157 cm³/mol. The van der Waals surface area contributed by atoms with Crippen molar-refractivity contribution in [3.63, 3.8) is 0 Å². The molecule has 7 nitrogen and oxygen atoms in total.